The molecule has 1 heterocycles. The molecule has 0 aliphatic carbocycles. The number of rotatable bonds is 3. The minimum atomic E-state index is -0.549. The fourth-order valence-corrected chi connectivity index (χ4v) is 1.96. The summed E-state index contributed by atoms with van der Waals surface area (Å²) in [4.78, 5) is 16.0. The summed E-state index contributed by atoms with van der Waals surface area (Å²) in [7, 11) is 0. The number of benzene rings is 1. The van der Waals surface area contributed by atoms with Crippen LogP contribution in [0.4, 0.5) is 10.1 Å². The smallest absolute Gasteiger partial charge is 0.341 e. The number of nitrogens with two attached hydrogens (primary N) is 1. The molecule has 6 heteroatoms. The number of fused-ring (bicyclic) bond motifs is 1. The van der Waals surface area contributed by atoms with Crippen LogP contribution in [0.1, 0.15) is 22.8 Å². The molecule has 0 radical (unpaired) electrons. The predicted molar refractivity (Wildman–Crippen MR) is 70.2 cm³/mol. The third-order valence-corrected chi connectivity index (χ3v) is 2.77. The van der Waals surface area contributed by atoms with Gasteiger partial charge in [-0.05, 0) is 31.5 Å². The quantitative estimate of drug-likeness (QED) is 0.504. The third kappa shape index (κ3) is 2.34. The first-order valence-electron chi connectivity index (χ1n) is 5.81. The van der Waals surface area contributed by atoms with E-state index in [2.05, 4.69) is 10.4 Å². The lowest BCUT2D eigenvalue weighted by atomic mass is 10.1. The summed E-state index contributed by atoms with van der Waals surface area (Å²) in [6, 6.07) is 2.66. The molecule has 0 amide bonds. The Morgan fingerprint density at radius 2 is 2.26 bits per heavy atom. The summed E-state index contributed by atoms with van der Waals surface area (Å²) in [6.07, 6.45) is 1.38. The van der Waals surface area contributed by atoms with Gasteiger partial charge < -0.3 is 10.2 Å². The first kappa shape index (κ1) is 13.2. The van der Waals surface area contributed by atoms with Gasteiger partial charge in [0.15, 0.2) is 0 Å². The minimum Gasteiger partial charge on any atom is -0.462 e. The highest BCUT2D eigenvalue weighted by Crippen LogP contribution is 2.28. The zero-order valence-corrected chi connectivity index (χ0v) is 10.7. The van der Waals surface area contributed by atoms with E-state index in [9.17, 15) is 9.18 Å². The van der Waals surface area contributed by atoms with E-state index in [4.69, 9.17) is 10.6 Å². The number of pyridine rings is 1. The van der Waals surface area contributed by atoms with Crippen molar-refractivity contribution in [3.8, 4) is 0 Å². The molecular formula is C13H14FN3O2. The molecule has 0 fully saturated rings. The zero-order valence-electron chi connectivity index (χ0n) is 10.7. The summed E-state index contributed by atoms with van der Waals surface area (Å²) >= 11 is 0. The molecule has 0 spiro atoms. The van der Waals surface area contributed by atoms with Gasteiger partial charge in [-0.1, -0.05) is 0 Å². The Bertz CT molecular complexity index is 643. The molecule has 2 aromatic rings. The van der Waals surface area contributed by atoms with Gasteiger partial charge in [-0.2, -0.15) is 0 Å². The molecule has 0 aliphatic rings. The van der Waals surface area contributed by atoms with Crippen molar-refractivity contribution in [1.82, 2.24) is 4.98 Å². The van der Waals surface area contributed by atoms with E-state index in [0.717, 1.165) is 0 Å². The predicted octanol–water partition coefficient (Wildman–Crippen LogP) is 2.14. The van der Waals surface area contributed by atoms with Crippen LogP contribution in [0.25, 0.3) is 10.9 Å². The highest BCUT2D eigenvalue weighted by molar-refractivity contribution is 6.05. The number of aryl methyl sites for hydroxylation is 1. The highest BCUT2D eigenvalue weighted by Gasteiger charge is 2.17. The molecule has 5 nitrogen and oxygen atoms in total. The Hall–Kier alpha value is -2.21. The SMILES string of the molecule is CCOC(=O)c1cnc2c(C)cc(F)cc2c1NN. The van der Waals surface area contributed by atoms with Crippen LogP contribution in [0.2, 0.25) is 0 Å². The van der Waals surface area contributed by atoms with Crippen LogP contribution in [0.3, 0.4) is 0 Å². The van der Waals surface area contributed by atoms with Crippen LogP contribution in [0, 0.1) is 12.7 Å². The lowest BCUT2D eigenvalue weighted by Gasteiger charge is -2.12. The molecule has 19 heavy (non-hydrogen) atoms. The van der Waals surface area contributed by atoms with Gasteiger partial charge in [0, 0.05) is 11.6 Å². The second kappa shape index (κ2) is 5.19. The fourth-order valence-electron chi connectivity index (χ4n) is 1.96. The molecular weight excluding hydrogens is 249 g/mol. The van der Waals surface area contributed by atoms with Gasteiger partial charge in [0.1, 0.15) is 11.4 Å². The Kier molecular flexibility index (Phi) is 3.62. The number of hydrogen-bond donors (Lipinski definition) is 2. The van der Waals surface area contributed by atoms with Gasteiger partial charge >= 0.3 is 5.97 Å². The first-order chi connectivity index (χ1) is 9.08. The van der Waals surface area contributed by atoms with E-state index >= 15 is 0 Å². The summed E-state index contributed by atoms with van der Waals surface area (Å²) in [5.41, 5.74) is 4.17. The normalized spacial score (nSPS) is 10.5. The Morgan fingerprint density at radius 3 is 2.89 bits per heavy atom. The molecule has 1 aromatic carbocycles. The van der Waals surface area contributed by atoms with Crippen molar-refractivity contribution in [2.75, 3.05) is 12.0 Å². The zero-order chi connectivity index (χ0) is 14.0. The third-order valence-electron chi connectivity index (χ3n) is 2.77. The van der Waals surface area contributed by atoms with E-state index in [1.807, 2.05) is 0 Å². The van der Waals surface area contributed by atoms with E-state index in [1.165, 1.54) is 18.3 Å². The molecule has 3 N–H and O–H groups in total. The number of carbonyl (C=O) groups excluding carboxylic acids is 1. The average Bonchev–Trinajstić information content (AvgIpc) is 2.37. The number of nitrogen functional groups attached to an aromatic ring is 1. The number of hydrogen-bond acceptors (Lipinski definition) is 5. The molecule has 2 rings (SSSR count). The minimum absolute atomic E-state index is 0.182. The molecule has 0 saturated carbocycles. The number of aromatic nitrogens is 1. The van der Waals surface area contributed by atoms with Crippen molar-refractivity contribution < 1.29 is 13.9 Å². The van der Waals surface area contributed by atoms with Crippen LogP contribution >= 0.6 is 0 Å². The Labute approximate surface area is 109 Å². The maximum Gasteiger partial charge on any atom is 0.341 e. The molecule has 100 valence electrons. The van der Waals surface area contributed by atoms with E-state index in [0.29, 0.717) is 22.2 Å². The second-order valence-corrected chi connectivity index (χ2v) is 4.03. The van der Waals surface area contributed by atoms with Crippen LogP contribution in [-0.4, -0.2) is 17.6 Å². The number of hydrazine groups is 1. The standard InChI is InChI=1S/C13H14FN3O2/c1-3-19-13(18)10-6-16-11-7(2)4-8(14)5-9(11)12(10)17-15/h4-6H,3,15H2,1-2H3,(H,16,17). The highest BCUT2D eigenvalue weighted by atomic mass is 19.1. The number of halogens is 1. The van der Waals surface area contributed by atoms with Crippen LogP contribution < -0.4 is 11.3 Å². The molecule has 0 bridgehead atoms. The molecule has 0 aliphatic heterocycles. The summed E-state index contributed by atoms with van der Waals surface area (Å²) in [5.74, 6) is 4.48. The molecule has 0 unspecified atom stereocenters. The number of nitrogens with zero attached hydrogens (tertiary/aromatic N) is 1. The van der Waals surface area contributed by atoms with E-state index < -0.39 is 11.8 Å². The van der Waals surface area contributed by atoms with Crippen molar-refractivity contribution in [2.45, 2.75) is 13.8 Å². The van der Waals surface area contributed by atoms with Crippen molar-refractivity contribution in [2.24, 2.45) is 5.84 Å². The topological polar surface area (TPSA) is 77.2 Å². The molecule has 0 saturated heterocycles. The summed E-state index contributed by atoms with van der Waals surface area (Å²) in [6.45, 7) is 3.68. The van der Waals surface area contributed by atoms with Gasteiger partial charge in [0.25, 0.3) is 0 Å². The largest absolute Gasteiger partial charge is 0.462 e. The molecule has 1 aromatic heterocycles. The number of ether oxygens (including phenoxy) is 1. The lowest BCUT2D eigenvalue weighted by Crippen LogP contribution is -2.15. The lowest BCUT2D eigenvalue weighted by molar-refractivity contribution is 0.0527. The van der Waals surface area contributed by atoms with Crippen LogP contribution in [-0.2, 0) is 4.74 Å². The van der Waals surface area contributed by atoms with Crippen LogP contribution in [0.5, 0.6) is 0 Å². The first-order valence-corrected chi connectivity index (χ1v) is 5.81. The number of anilines is 1. The van der Waals surface area contributed by atoms with Gasteiger partial charge in [0.2, 0.25) is 0 Å². The Balaban J connectivity index is 2.72. The van der Waals surface area contributed by atoms with Gasteiger partial charge in [-0.3, -0.25) is 10.8 Å². The summed E-state index contributed by atoms with van der Waals surface area (Å²) in [5, 5.41) is 0.450. The van der Waals surface area contributed by atoms with Crippen molar-refractivity contribution >= 4 is 22.6 Å². The van der Waals surface area contributed by atoms with E-state index in [-0.39, 0.29) is 12.2 Å². The summed E-state index contributed by atoms with van der Waals surface area (Å²) < 4.78 is 18.4. The van der Waals surface area contributed by atoms with Gasteiger partial charge in [-0.15, -0.1) is 0 Å². The second-order valence-electron chi connectivity index (χ2n) is 4.03. The molecule has 0 atom stereocenters. The van der Waals surface area contributed by atoms with Crippen LogP contribution in [0.15, 0.2) is 18.3 Å². The number of nitrogens with one attached hydrogen (secondary N) is 1. The maximum atomic E-state index is 13.5. The number of carbonyl (C=O) groups is 1. The fraction of sp³-hybridized carbons (Fsp3) is 0.231. The van der Waals surface area contributed by atoms with E-state index in [1.54, 1.807) is 13.8 Å². The van der Waals surface area contributed by atoms with Gasteiger partial charge in [-0.25, -0.2) is 9.18 Å². The average molecular weight is 263 g/mol. The van der Waals surface area contributed by atoms with Crippen molar-refractivity contribution in [1.29, 1.82) is 0 Å². The Morgan fingerprint density at radius 1 is 1.53 bits per heavy atom. The monoisotopic (exact) mass is 263 g/mol. The number of esters is 1. The van der Waals surface area contributed by atoms with Gasteiger partial charge in [0.05, 0.1) is 17.8 Å². The van der Waals surface area contributed by atoms with Crippen molar-refractivity contribution in [3.63, 3.8) is 0 Å². The van der Waals surface area contributed by atoms with Crippen molar-refractivity contribution in [3.05, 3.63) is 35.3 Å². The maximum absolute atomic E-state index is 13.5.